The summed E-state index contributed by atoms with van der Waals surface area (Å²) in [5, 5.41) is 2.71. The normalized spacial score (nSPS) is 11.9. The Hall–Kier alpha value is -1.16. The summed E-state index contributed by atoms with van der Waals surface area (Å²) < 4.78 is 9.58. The lowest BCUT2D eigenvalue weighted by Gasteiger charge is -2.16. The van der Waals surface area contributed by atoms with Crippen LogP contribution >= 0.6 is 0 Å². The third-order valence-electron chi connectivity index (χ3n) is 5.69. The van der Waals surface area contributed by atoms with Gasteiger partial charge in [0.15, 0.2) is 0 Å². The van der Waals surface area contributed by atoms with Crippen LogP contribution in [0.2, 0.25) is 0 Å². The summed E-state index contributed by atoms with van der Waals surface area (Å²) in [7, 11) is 0.603. The van der Waals surface area contributed by atoms with Crippen molar-refractivity contribution in [3.05, 3.63) is 0 Å². The van der Waals surface area contributed by atoms with Gasteiger partial charge in [-0.05, 0) is 12.8 Å². The number of carbonyl (C=O) groups is 3. The van der Waals surface area contributed by atoms with Gasteiger partial charge in [0.1, 0.15) is 6.04 Å². The van der Waals surface area contributed by atoms with E-state index in [-0.39, 0.29) is 35.2 Å². The molecule has 31 heavy (non-hydrogen) atoms. The first-order valence-electron chi connectivity index (χ1n) is 12.5. The highest BCUT2D eigenvalue weighted by Gasteiger charge is 2.21. The average molecular weight is 474 g/mol. The third kappa shape index (κ3) is 19.3. The van der Waals surface area contributed by atoms with Crippen LogP contribution in [-0.4, -0.2) is 44.9 Å². The van der Waals surface area contributed by atoms with Gasteiger partial charge in [-0.15, -0.1) is 0 Å². The molecule has 1 atom stereocenters. The molecular formula is C23H47NO5Si2. The minimum Gasteiger partial charge on any atom is -0.529 e. The molecule has 0 saturated heterocycles. The zero-order chi connectivity index (χ0) is 23.2. The maximum atomic E-state index is 12.1. The molecular weight excluding hydrogens is 426 g/mol. The zero-order valence-corrected chi connectivity index (χ0v) is 24.3. The lowest BCUT2D eigenvalue weighted by Crippen LogP contribution is -2.42. The summed E-state index contributed by atoms with van der Waals surface area (Å²) in [6.07, 6.45) is 20.0. The van der Waals surface area contributed by atoms with Crippen molar-refractivity contribution in [2.45, 2.75) is 129 Å². The maximum absolute atomic E-state index is 12.1. The quantitative estimate of drug-likeness (QED) is 0.205. The van der Waals surface area contributed by atoms with E-state index in [0.29, 0.717) is 16.9 Å². The maximum Gasteiger partial charge on any atom is 0.314 e. The van der Waals surface area contributed by atoms with Crippen molar-refractivity contribution >= 4 is 38.8 Å². The second-order valence-electron chi connectivity index (χ2n) is 8.46. The van der Waals surface area contributed by atoms with Crippen LogP contribution in [-0.2, 0) is 23.2 Å². The Kier molecular flexibility index (Phi) is 21.2. The number of amides is 1. The van der Waals surface area contributed by atoms with Crippen LogP contribution in [0.5, 0.6) is 0 Å². The summed E-state index contributed by atoms with van der Waals surface area (Å²) in [6, 6.07) is -0.748. The predicted molar refractivity (Wildman–Crippen MR) is 133 cm³/mol. The summed E-state index contributed by atoms with van der Waals surface area (Å²) in [5.74, 6) is -0.946. The van der Waals surface area contributed by atoms with E-state index in [4.69, 9.17) is 8.85 Å². The summed E-state index contributed by atoms with van der Waals surface area (Å²) in [6.45, 7) is 2.26. The van der Waals surface area contributed by atoms with Gasteiger partial charge in [-0.25, -0.2) is 0 Å². The Balaban J connectivity index is 3.60. The van der Waals surface area contributed by atoms with E-state index < -0.39 is 12.0 Å². The van der Waals surface area contributed by atoms with Crippen LogP contribution in [0.25, 0.3) is 0 Å². The monoisotopic (exact) mass is 473 g/mol. The first kappa shape index (κ1) is 29.8. The highest BCUT2D eigenvalue weighted by atomic mass is 28.2. The molecule has 1 N–H and O–H groups in total. The average Bonchev–Trinajstić information content (AvgIpc) is 2.78. The van der Waals surface area contributed by atoms with E-state index in [1.807, 2.05) is 0 Å². The molecule has 0 fully saturated rings. The lowest BCUT2D eigenvalue weighted by molar-refractivity contribution is -0.140. The van der Waals surface area contributed by atoms with Gasteiger partial charge in [-0.3, -0.25) is 14.4 Å². The Labute approximate surface area is 196 Å². The predicted octanol–water partition coefficient (Wildman–Crippen LogP) is 3.16. The SMILES string of the molecule is CCCCCCCCCCCCCCCCCC(=O)N[C@@H](CCC(=O)O[SiH3])C(=O)O[SiH3]. The molecule has 0 aliphatic carbocycles. The Morgan fingerprint density at radius 2 is 1.13 bits per heavy atom. The topological polar surface area (TPSA) is 81.7 Å². The molecule has 6 nitrogen and oxygen atoms in total. The number of rotatable bonds is 21. The van der Waals surface area contributed by atoms with E-state index in [0.717, 1.165) is 19.3 Å². The van der Waals surface area contributed by atoms with E-state index in [1.54, 1.807) is 0 Å². The Morgan fingerprint density at radius 1 is 0.677 bits per heavy atom. The molecule has 0 rings (SSSR count). The van der Waals surface area contributed by atoms with E-state index in [9.17, 15) is 14.4 Å². The van der Waals surface area contributed by atoms with Gasteiger partial charge in [0.25, 0.3) is 5.97 Å². The highest BCUT2D eigenvalue weighted by molar-refractivity contribution is 6.07. The fraction of sp³-hybridized carbons (Fsp3) is 0.870. The fourth-order valence-corrected chi connectivity index (χ4v) is 4.17. The molecule has 0 aliphatic rings. The molecule has 0 aromatic heterocycles. The number of unbranched alkanes of at least 4 members (excludes halogenated alkanes) is 14. The second kappa shape index (κ2) is 22.1. The van der Waals surface area contributed by atoms with Crippen molar-refractivity contribution in [3.63, 3.8) is 0 Å². The number of hydrogen-bond donors (Lipinski definition) is 1. The molecule has 1 amide bonds. The summed E-state index contributed by atoms with van der Waals surface area (Å²) in [5.41, 5.74) is 0. The first-order valence-corrected chi connectivity index (χ1v) is 14.1. The number of carbonyl (C=O) groups excluding carboxylic acids is 3. The van der Waals surface area contributed by atoms with Gasteiger partial charge in [0.2, 0.25) is 26.9 Å². The summed E-state index contributed by atoms with van der Waals surface area (Å²) in [4.78, 5) is 35.2. The van der Waals surface area contributed by atoms with Crippen molar-refractivity contribution in [1.82, 2.24) is 5.32 Å². The van der Waals surface area contributed by atoms with Crippen LogP contribution in [0, 0.1) is 0 Å². The molecule has 8 heteroatoms. The molecule has 0 unspecified atom stereocenters. The van der Waals surface area contributed by atoms with Crippen molar-refractivity contribution in [1.29, 1.82) is 0 Å². The van der Waals surface area contributed by atoms with Crippen molar-refractivity contribution in [3.8, 4) is 0 Å². The molecule has 0 radical (unpaired) electrons. The highest BCUT2D eigenvalue weighted by Crippen LogP contribution is 2.13. The molecule has 0 aromatic carbocycles. The Morgan fingerprint density at radius 3 is 1.55 bits per heavy atom. The number of nitrogens with one attached hydrogen (secondary N) is 1. The van der Waals surface area contributed by atoms with Crippen LogP contribution < -0.4 is 5.32 Å². The van der Waals surface area contributed by atoms with E-state index in [1.165, 1.54) is 77.0 Å². The van der Waals surface area contributed by atoms with Gasteiger partial charge in [-0.1, -0.05) is 96.8 Å². The van der Waals surface area contributed by atoms with Gasteiger partial charge in [0, 0.05) is 12.8 Å². The van der Waals surface area contributed by atoms with Crippen molar-refractivity contribution in [2.24, 2.45) is 0 Å². The molecule has 0 aliphatic heterocycles. The molecule has 0 spiro atoms. The van der Waals surface area contributed by atoms with Gasteiger partial charge >= 0.3 is 5.97 Å². The lowest BCUT2D eigenvalue weighted by atomic mass is 10.0. The van der Waals surface area contributed by atoms with Crippen LogP contribution in [0.4, 0.5) is 0 Å². The zero-order valence-electron chi connectivity index (χ0n) is 20.3. The smallest absolute Gasteiger partial charge is 0.314 e. The molecule has 0 heterocycles. The van der Waals surface area contributed by atoms with Crippen molar-refractivity contribution in [2.75, 3.05) is 0 Å². The first-order chi connectivity index (χ1) is 15.0. The van der Waals surface area contributed by atoms with Crippen LogP contribution in [0.3, 0.4) is 0 Å². The molecule has 0 bridgehead atoms. The van der Waals surface area contributed by atoms with E-state index >= 15 is 0 Å². The van der Waals surface area contributed by atoms with Gasteiger partial charge in [0.05, 0.1) is 0 Å². The number of hydrogen-bond acceptors (Lipinski definition) is 5. The second-order valence-corrected chi connectivity index (χ2v) is 9.27. The molecule has 182 valence electrons. The van der Waals surface area contributed by atoms with Crippen LogP contribution in [0.15, 0.2) is 0 Å². The molecule has 0 aromatic rings. The fourth-order valence-electron chi connectivity index (χ4n) is 3.68. The minimum absolute atomic E-state index is 0.115. The van der Waals surface area contributed by atoms with Crippen molar-refractivity contribution < 1.29 is 23.2 Å². The van der Waals surface area contributed by atoms with Gasteiger partial charge < -0.3 is 14.2 Å². The summed E-state index contributed by atoms with van der Waals surface area (Å²) >= 11 is 0. The molecule has 0 saturated carbocycles. The largest absolute Gasteiger partial charge is 0.529 e. The van der Waals surface area contributed by atoms with E-state index in [2.05, 4.69) is 12.2 Å². The standard InChI is InChI=1S/C23H47NO5Si2/c1-2-3-4-5-6-7-8-9-10-11-12-13-14-15-16-17-21(25)24-20(23(27)29-31)18-19-22(26)28-30/h20H,2-19H2,1,30-31H3,(H,24,25)/t20-/m0/s1. The minimum atomic E-state index is -0.748. The third-order valence-corrected chi connectivity index (χ3v) is 6.55. The Bertz CT molecular complexity index is 477. The van der Waals surface area contributed by atoms with Gasteiger partial charge in [-0.2, -0.15) is 0 Å². The van der Waals surface area contributed by atoms with Crippen LogP contribution in [0.1, 0.15) is 122 Å².